The van der Waals surface area contributed by atoms with E-state index in [4.69, 9.17) is 0 Å². The number of carbonyl (C=O) groups is 1. The highest BCUT2D eigenvalue weighted by atomic mass is 16.4. The quantitative estimate of drug-likeness (QED) is 0.395. The Morgan fingerprint density at radius 3 is 2.28 bits per heavy atom. The van der Waals surface area contributed by atoms with Gasteiger partial charge in [0.2, 0.25) is 0 Å². The molecule has 4 nitrogen and oxygen atoms in total. The number of carboxylic acids is 1. The zero-order valence-electron chi connectivity index (χ0n) is 13.6. The number of carboxylic acid groups (broad SMARTS) is 1. The molecule has 1 aromatic heterocycles. The van der Waals surface area contributed by atoms with E-state index < -0.39 is 5.97 Å². The fourth-order valence-electron chi connectivity index (χ4n) is 3.86. The topological polar surface area (TPSA) is 46.1 Å². The second-order valence-electron chi connectivity index (χ2n) is 6.35. The lowest BCUT2D eigenvalue weighted by molar-refractivity contribution is -0.673. The lowest BCUT2D eigenvalue weighted by atomic mass is 9.93. The molecule has 4 heteroatoms. The first kappa shape index (κ1) is 14.0. The van der Waals surface area contributed by atoms with Gasteiger partial charge in [-0.05, 0) is 33.7 Å². The fourth-order valence-corrected chi connectivity index (χ4v) is 3.86. The Kier molecular flexibility index (Phi) is 2.69. The zero-order chi connectivity index (χ0) is 17.1. The average molecular weight is 327 g/mol. The minimum atomic E-state index is -0.946. The second kappa shape index (κ2) is 4.80. The third kappa shape index (κ3) is 1.82. The number of rotatable bonds is 2. The van der Waals surface area contributed by atoms with E-state index in [9.17, 15) is 9.90 Å². The maximum Gasteiger partial charge on any atom is 0.420 e. The van der Waals surface area contributed by atoms with Crippen molar-refractivity contribution in [2.24, 2.45) is 7.05 Å². The van der Waals surface area contributed by atoms with Gasteiger partial charge in [0.15, 0.2) is 0 Å². The molecule has 0 aliphatic heterocycles. The van der Waals surface area contributed by atoms with Gasteiger partial charge in [-0.3, -0.25) is 0 Å². The SMILES string of the molecule is C[n+]1ccn(-c2ccc3ccc4cccc5ccc2c3c45)c1C(=O)O. The van der Waals surface area contributed by atoms with Crippen LogP contribution in [-0.2, 0) is 7.05 Å². The minimum Gasteiger partial charge on any atom is -0.472 e. The summed E-state index contributed by atoms with van der Waals surface area (Å²) in [5.74, 6) is -0.715. The fraction of sp³-hybridized carbons (Fsp3) is 0.0476. The molecule has 0 fully saturated rings. The van der Waals surface area contributed by atoms with Gasteiger partial charge in [0.05, 0.1) is 7.05 Å². The predicted molar refractivity (Wildman–Crippen MR) is 97.6 cm³/mol. The Bertz CT molecular complexity index is 1270. The van der Waals surface area contributed by atoms with Crippen molar-refractivity contribution in [2.45, 2.75) is 0 Å². The third-order valence-electron chi connectivity index (χ3n) is 4.96. The summed E-state index contributed by atoms with van der Waals surface area (Å²) >= 11 is 0. The van der Waals surface area contributed by atoms with Crippen LogP contribution in [0.5, 0.6) is 0 Å². The Hall–Kier alpha value is -3.40. The first-order chi connectivity index (χ1) is 12.1. The number of aryl methyl sites for hydroxylation is 1. The van der Waals surface area contributed by atoms with Crippen molar-refractivity contribution in [3.8, 4) is 5.69 Å². The van der Waals surface area contributed by atoms with E-state index in [0.29, 0.717) is 0 Å². The van der Waals surface area contributed by atoms with E-state index >= 15 is 0 Å². The Morgan fingerprint density at radius 1 is 0.920 bits per heavy atom. The lowest BCUT2D eigenvalue weighted by Crippen LogP contribution is -2.35. The molecule has 0 saturated heterocycles. The van der Waals surface area contributed by atoms with Crippen molar-refractivity contribution in [2.75, 3.05) is 0 Å². The largest absolute Gasteiger partial charge is 0.472 e. The van der Waals surface area contributed by atoms with Crippen LogP contribution in [0.3, 0.4) is 0 Å². The second-order valence-corrected chi connectivity index (χ2v) is 6.35. The van der Waals surface area contributed by atoms with E-state index in [2.05, 4.69) is 48.5 Å². The summed E-state index contributed by atoms with van der Waals surface area (Å²) in [5.41, 5.74) is 0.878. The summed E-state index contributed by atoms with van der Waals surface area (Å²) in [6.45, 7) is 0. The van der Waals surface area contributed by atoms with Gasteiger partial charge in [0.1, 0.15) is 18.1 Å². The summed E-state index contributed by atoms with van der Waals surface area (Å²) in [7, 11) is 1.75. The molecule has 0 aliphatic carbocycles. The minimum absolute atomic E-state index is 0.232. The van der Waals surface area contributed by atoms with Crippen molar-refractivity contribution in [3.63, 3.8) is 0 Å². The van der Waals surface area contributed by atoms with Gasteiger partial charge in [-0.25, -0.2) is 9.36 Å². The van der Waals surface area contributed by atoms with Gasteiger partial charge in [-0.1, -0.05) is 42.5 Å². The molecule has 0 atom stereocenters. The molecule has 1 N–H and O–H groups in total. The first-order valence-electron chi connectivity index (χ1n) is 8.12. The lowest BCUT2D eigenvalue weighted by Gasteiger charge is -2.12. The highest BCUT2D eigenvalue weighted by molar-refractivity contribution is 6.24. The molecule has 5 aromatic rings. The molecule has 0 saturated carbocycles. The predicted octanol–water partition coefficient (Wildman–Crippen LogP) is 3.90. The first-order valence-corrected chi connectivity index (χ1v) is 8.12. The van der Waals surface area contributed by atoms with E-state index in [-0.39, 0.29) is 5.82 Å². The molecular formula is C21H15N2O2+. The monoisotopic (exact) mass is 327 g/mol. The van der Waals surface area contributed by atoms with Crippen LogP contribution in [0.4, 0.5) is 0 Å². The van der Waals surface area contributed by atoms with Crippen LogP contribution < -0.4 is 4.57 Å². The number of aromatic carboxylic acids is 1. The smallest absolute Gasteiger partial charge is 0.420 e. The number of imidazole rings is 1. The maximum absolute atomic E-state index is 11.7. The van der Waals surface area contributed by atoms with Gasteiger partial charge in [0, 0.05) is 10.8 Å². The van der Waals surface area contributed by atoms with Gasteiger partial charge < -0.3 is 5.11 Å². The molecular weight excluding hydrogens is 312 g/mol. The van der Waals surface area contributed by atoms with E-state index in [0.717, 1.165) is 16.5 Å². The maximum atomic E-state index is 11.7. The van der Waals surface area contributed by atoms with Crippen LogP contribution in [0.15, 0.2) is 67.0 Å². The summed E-state index contributed by atoms with van der Waals surface area (Å²) in [6.07, 6.45) is 3.57. The van der Waals surface area contributed by atoms with Gasteiger partial charge in [0.25, 0.3) is 0 Å². The van der Waals surface area contributed by atoms with Crippen LogP contribution in [-0.4, -0.2) is 15.6 Å². The molecule has 4 aromatic carbocycles. The van der Waals surface area contributed by atoms with Crippen molar-refractivity contribution >= 4 is 38.3 Å². The van der Waals surface area contributed by atoms with E-state index in [1.54, 1.807) is 28.6 Å². The number of aromatic nitrogens is 2. The number of nitrogens with zero attached hydrogens (tertiary/aromatic N) is 2. The number of hydrogen-bond donors (Lipinski definition) is 1. The molecule has 0 spiro atoms. The molecule has 0 amide bonds. The molecule has 120 valence electrons. The van der Waals surface area contributed by atoms with Crippen LogP contribution in [0.25, 0.3) is 38.0 Å². The summed E-state index contributed by atoms with van der Waals surface area (Å²) in [5, 5.41) is 16.6. The molecule has 0 radical (unpaired) electrons. The van der Waals surface area contributed by atoms with E-state index in [1.807, 2.05) is 6.07 Å². The normalized spacial score (nSPS) is 11.7. The summed E-state index contributed by atoms with van der Waals surface area (Å²) in [6, 6.07) is 18.8. The van der Waals surface area contributed by atoms with Crippen molar-refractivity contribution < 1.29 is 14.5 Å². The van der Waals surface area contributed by atoms with Crippen LogP contribution in [0.2, 0.25) is 0 Å². The number of benzene rings is 4. The zero-order valence-corrected chi connectivity index (χ0v) is 13.6. The molecule has 0 bridgehead atoms. The summed E-state index contributed by atoms with van der Waals surface area (Å²) < 4.78 is 3.37. The Morgan fingerprint density at radius 2 is 1.56 bits per heavy atom. The van der Waals surface area contributed by atoms with Crippen LogP contribution >= 0.6 is 0 Å². The van der Waals surface area contributed by atoms with Gasteiger partial charge in [-0.15, -0.1) is 0 Å². The van der Waals surface area contributed by atoms with Crippen LogP contribution in [0, 0.1) is 0 Å². The number of hydrogen-bond acceptors (Lipinski definition) is 1. The third-order valence-corrected chi connectivity index (χ3v) is 4.96. The Labute approximate surface area is 143 Å². The van der Waals surface area contributed by atoms with Crippen LogP contribution in [0.1, 0.15) is 10.6 Å². The molecule has 1 heterocycles. The van der Waals surface area contributed by atoms with Gasteiger partial charge >= 0.3 is 11.8 Å². The van der Waals surface area contributed by atoms with Crippen molar-refractivity contribution in [1.29, 1.82) is 0 Å². The molecule has 0 unspecified atom stereocenters. The van der Waals surface area contributed by atoms with Crippen molar-refractivity contribution in [3.05, 3.63) is 72.8 Å². The Balaban J connectivity index is 1.97. The molecule has 25 heavy (non-hydrogen) atoms. The molecule has 0 aliphatic rings. The van der Waals surface area contributed by atoms with Crippen molar-refractivity contribution in [1.82, 2.24) is 4.57 Å². The average Bonchev–Trinajstić information content (AvgIpc) is 3.01. The van der Waals surface area contributed by atoms with E-state index in [1.165, 1.54) is 21.5 Å². The summed E-state index contributed by atoms with van der Waals surface area (Å²) in [4.78, 5) is 11.7. The highest BCUT2D eigenvalue weighted by Crippen LogP contribution is 2.37. The molecule has 5 rings (SSSR count). The van der Waals surface area contributed by atoms with Gasteiger partial charge in [-0.2, -0.15) is 4.57 Å². The highest BCUT2D eigenvalue weighted by Gasteiger charge is 2.25. The standard InChI is InChI=1S/C21H14N2O2/c1-22-11-12-23(20(22)21(24)25)17-10-8-15-6-5-13-3-2-4-14-7-9-16(17)19(15)18(13)14/h2-12H,1H3/p+1.